The summed E-state index contributed by atoms with van der Waals surface area (Å²) in [6.07, 6.45) is 0. The van der Waals surface area contributed by atoms with E-state index in [-0.39, 0.29) is 37.7 Å². The highest BCUT2D eigenvalue weighted by atomic mass is 79.9. The van der Waals surface area contributed by atoms with Crippen LogP contribution in [0.3, 0.4) is 0 Å². The molecule has 0 radical (unpaired) electrons. The van der Waals surface area contributed by atoms with Crippen molar-refractivity contribution in [3.8, 4) is 11.5 Å². The van der Waals surface area contributed by atoms with Crippen LogP contribution in [0.5, 0.6) is 11.5 Å². The van der Waals surface area contributed by atoms with Gasteiger partial charge in [-0.2, -0.15) is 0 Å². The first-order valence-electron chi connectivity index (χ1n) is 7.54. The number of hydrogen-bond acceptors (Lipinski definition) is 6. The number of carbonyl (C=O) groups excluding carboxylic acids is 2. The number of esters is 2. The Morgan fingerprint density at radius 2 is 1.21 bits per heavy atom. The maximum absolute atomic E-state index is 11.5. The van der Waals surface area contributed by atoms with Gasteiger partial charge in [-0.1, -0.05) is 46.4 Å². The number of hydrogen-bond donors (Lipinski definition) is 0. The summed E-state index contributed by atoms with van der Waals surface area (Å²) >= 11 is 26.6. The molecule has 0 heterocycles. The lowest BCUT2D eigenvalue weighted by molar-refractivity contribution is 0.0588. The monoisotopic (exact) mass is 546 g/mol. The van der Waals surface area contributed by atoms with Gasteiger partial charge in [0.1, 0.15) is 11.1 Å². The Kier molecular flexibility index (Phi) is 10.4. The van der Waals surface area contributed by atoms with Gasteiger partial charge in [-0.3, -0.25) is 0 Å². The Bertz CT molecular complexity index is 920. The maximum atomic E-state index is 11.5. The predicted octanol–water partition coefficient (Wildman–Crippen LogP) is 6.34. The number of methoxy groups -OCH3 is 4. The summed E-state index contributed by atoms with van der Waals surface area (Å²) in [5.74, 6) is -0.739. The van der Waals surface area contributed by atoms with Crippen molar-refractivity contribution in [2.24, 2.45) is 0 Å². The zero-order chi connectivity index (χ0) is 22.3. The average Bonchev–Trinajstić information content (AvgIpc) is 2.71. The SMILES string of the molecule is COC(=O)c1c(Cl)c(Br)cc(Cl)c1OC.COC(=O)c1c(Cl)ccc(Cl)c1OC. The van der Waals surface area contributed by atoms with Gasteiger partial charge in [0, 0.05) is 4.47 Å². The molecule has 29 heavy (non-hydrogen) atoms. The van der Waals surface area contributed by atoms with E-state index in [1.165, 1.54) is 34.5 Å². The zero-order valence-electron chi connectivity index (χ0n) is 15.6. The van der Waals surface area contributed by atoms with E-state index in [0.717, 1.165) is 0 Å². The van der Waals surface area contributed by atoms with Gasteiger partial charge in [0.15, 0.2) is 11.5 Å². The summed E-state index contributed by atoms with van der Waals surface area (Å²) in [6, 6.07) is 4.61. The van der Waals surface area contributed by atoms with Gasteiger partial charge >= 0.3 is 11.9 Å². The molecule has 0 N–H and O–H groups in total. The fourth-order valence-electron chi connectivity index (χ4n) is 2.09. The summed E-state index contributed by atoms with van der Waals surface area (Å²) in [7, 11) is 5.33. The molecule has 11 heteroatoms. The normalized spacial score (nSPS) is 9.83. The van der Waals surface area contributed by atoms with Crippen LogP contribution in [0.4, 0.5) is 0 Å². The number of benzene rings is 2. The predicted molar refractivity (Wildman–Crippen MR) is 116 cm³/mol. The second-order valence-electron chi connectivity index (χ2n) is 4.98. The number of ether oxygens (including phenoxy) is 4. The molecular weight excluding hydrogens is 534 g/mol. The first-order chi connectivity index (χ1) is 13.6. The Morgan fingerprint density at radius 3 is 1.69 bits per heavy atom. The van der Waals surface area contributed by atoms with Crippen molar-refractivity contribution in [3.63, 3.8) is 0 Å². The Balaban J connectivity index is 0.000000291. The van der Waals surface area contributed by atoms with Crippen molar-refractivity contribution in [2.75, 3.05) is 28.4 Å². The van der Waals surface area contributed by atoms with Crippen LogP contribution in [0.15, 0.2) is 22.7 Å². The van der Waals surface area contributed by atoms with E-state index in [1.54, 1.807) is 12.1 Å². The number of carbonyl (C=O) groups is 2. The standard InChI is InChI=1S/C9H7BrCl2O3.C9H8Cl2O3/c1-14-8-5(11)3-4(10)7(12)6(8)9(13)15-2;1-13-8-6(11)4-3-5(10)7(8)9(12)14-2/h3H,1-2H3;3-4H,1-2H3. The molecule has 2 aromatic carbocycles. The van der Waals surface area contributed by atoms with Crippen molar-refractivity contribution < 1.29 is 28.5 Å². The third kappa shape index (κ3) is 6.06. The minimum atomic E-state index is -0.597. The fourth-order valence-corrected chi connectivity index (χ4v) is 3.61. The van der Waals surface area contributed by atoms with E-state index in [2.05, 4.69) is 25.4 Å². The lowest BCUT2D eigenvalue weighted by atomic mass is 10.2. The summed E-state index contributed by atoms with van der Waals surface area (Å²) in [6.45, 7) is 0. The minimum absolute atomic E-state index is 0.112. The molecule has 0 unspecified atom stereocenters. The molecule has 0 atom stereocenters. The first-order valence-corrected chi connectivity index (χ1v) is 9.85. The minimum Gasteiger partial charge on any atom is -0.494 e. The van der Waals surface area contributed by atoms with Gasteiger partial charge in [0.05, 0.1) is 48.5 Å². The van der Waals surface area contributed by atoms with Gasteiger partial charge in [-0.25, -0.2) is 9.59 Å². The Hall–Kier alpha value is -1.38. The molecule has 0 aliphatic heterocycles. The molecule has 0 aliphatic carbocycles. The lowest BCUT2D eigenvalue weighted by Crippen LogP contribution is -2.06. The van der Waals surface area contributed by atoms with Crippen LogP contribution in [-0.4, -0.2) is 40.4 Å². The quantitative estimate of drug-likeness (QED) is 0.328. The van der Waals surface area contributed by atoms with Crippen molar-refractivity contribution in [1.29, 1.82) is 0 Å². The van der Waals surface area contributed by atoms with E-state index in [9.17, 15) is 9.59 Å². The molecule has 0 saturated carbocycles. The van der Waals surface area contributed by atoms with E-state index in [1.807, 2.05) is 0 Å². The van der Waals surface area contributed by atoms with Crippen molar-refractivity contribution in [2.45, 2.75) is 0 Å². The van der Waals surface area contributed by atoms with Crippen LogP contribution in [0, 0.1) is 0 Å². The lowest BCUT2D eigenvalue weighted by Gasteiger charge is -2.11. The highest BCUT2D eigenvalue weighted by Gasteiger charge is 2.22. The molecular formula is C18H15BrCl4O6. The van der Waals surface area contributed by atoms with Crippen LogP contribution in [0.25, 0.3) is 0 Å². The second-order valence-corrected chi connectivity index (χ2v) is 7.44. The molecule has 0 fully saturated rings. The van der Waals surface area contributed by atoms with Crippen LogP contribution in [-0.2, 0) is 9.47 Å². The highest BCUT2D eigenvalue weighted by Crippen LogP contribution is 2.39. The maximum Gasteiger partial charge on any atom is 0.343 e. The van der Waals surface area contributed by atoms with Gasteiger partial charge < -0.3 is 18.9 Å². The summed E-state index contributed by atoms with van der Waals surface area (Å²) in [5, 5.41) is 1.06. The fraction of sp³-hybridized carbons (Fsp3) is 0.222. The van der Waals surface area contributed by atoms with Gasteiger partial charge in [-0.05, 0) is 34.1 Å². The van der Waals surface area contributed by atoms with Gasteiger partial charge in [0.25, 0.3) is 0 Å². The molecule has 0 amide bonds. The summed E-state index contributed by atoms with van der Waals surface area (Å²) < 4.78 is 19.6. The van der Waals surface area contributed by atoms with Crippen LogP contribution < -0.4 is 9.47 Å². The summed E-state index contributed by atoms with van der Waals surface area (Å²) in [5.41, 5.74) is 0.255. The van der Waals surface area contributed by atoms with Crippen molar-refractivity contribution in [1.82, 2.24) is 0 Å². The topological polar surface area (TPSA) is 71.1 Å². The van der Waals surface area contributed by atoms with Crippen LogP contribution in [0.2, 0.25) is 20.1 Å². The van der Waals surface area contributed by atoms with E-state index < -0.39 is 11.9 Å². The molecule has 0 aliphatic rings. The zero-order valence-corrected chi connectivity index (χ0v) is 20.2. The molecule has 6 nitrogen and oxygen atoms in total. The number of rotatable bonds is 4. The molecule has 0 saturated heterocycles. The van der Waals surface area contributed by atoms with Crippen molar-refractivity contribution >= 4 is 74.3 Å². The van der Waals surface area contributed by atoms with E-state index >= 15 is 0 Å². The van der Waals surface area contributed by atoms with Gasteiger partial charge in [0.2, 0.25) is 0 Å². The Labute approximate surface area is 196 Å². The van der Waals surface area contributed by atoms with Crippen LogP contribution in [0.1, 0.15) is 20.7 Å². The first kappa shape index (κ1) is 25.7. The third-order valence-corrected chi connectivity index (χ3v) is 5.51. The van der Waals surface area contributed by atoms with E-state index in [4.69, 9.17) is 55.9 Å². The average molecular weight is 549 g/mol. The molecule has 2 rings (SSSR count). The summed E-state index contributed by atoms with van der Waals surface area (Å²) in [4.78, 5) is 22.8. The molecule has 0 aromatic heterocycles. The van der Waals surface area contributed by atoms with Crippen molar-refractivity contribution in [3.05, 3.63) is 53.9 Å². The molecule has 2 aromatic rings. The third-order valence-electron chi connectivity index (χ3n) is 3.37. The second kappa shape index (κ2) is 11.7. The molecule has 158 valence electrons. The van der Waals surface area contributed by atoms with E-state index in [0.29, 0.717) is 9.50 Å². The number of halogens is 5. The van der Waals surface area contributed by atoms with Crippen LogP contribution >= 0.6 is 62.3 Å². The molecule has 0 bridgehead atoms. The smallest absolute Gasteiger partial charge is 0.343 e. The largest absolute Gasteiger partial charge is 0.494 e. The Morgan fingerprint density at radius 1 is 0.759 bits per heavy atom. The molecule has 0 spiro atoms. The van der Waals surface area contributed by atoms with Gasteiger partial charge in [-0.15, -0.1) is 0 Å². The highest BCUT2D eigenvalue weighted by molar-refractivity contribution is 9.10.